The summed E-state index contributed by atoms with van der Waals surface area (Å²) in [5.41, 5.74) is -1.02. The number of rotatable bonds is 5. The van der Waals surface area contributed by atoms with Crippen molar-refractivity contribution in [3.8, 4) is 0 Å². The summed E-state index contributed by atoms with van der Waals surface area (Å²) in [6, 6.07) is 0. The molecule has 0 aliphatic carbocycles. The van der Waals surface area contributed by atoms with Gasteiger partial charge in [0.1, 0.15) is 5.56 Å². The minimum absolute atomic E-state index is 0.371. The molecule has 0 fully saturated rings. The molecule has 0 amide bonds. The lowest BCUT2D eigenvalue weighted by Gasteiger charge is -2.23. The van der Waals surface area contributed by atoms with E-state index in [0.717, 1.165) is 6.20 Å². The van der Waals surface area contributed by atoms with Crippen molar-refractivity contribution in [2.75, 3.05) is 0 Å². The second-order valence-electron chi connectivity index (χ2n) is 4.26. The van der Waals surface area contributed by atoms with Gasteiger partial charge in [0.2, 0.25) is 0 Å². The fraction of sp³-hybridized carbons (Fsp3) is 0.556. The quantitative estimate of drug-likeness (QED) is 0.717. The molecule has 96 valence electrons. The number of hydrogen-bond donors (Lipinski definition) is 3. The largest absolute Gasteiger partial charge is 0.478 e. The maximum absolute atomic E-state index is 11.9. The molecule has 0 unspecified atom stereocenters. The molecule has 1 heterocycles. The molecule has 0 aliphatic rings. The molecule has 0 aliphatic heterocycles. The van der Waals surface area contributed by atoms with Crippen LogP contribution in [0.1, 0.15) is 37.6 Å². The van der Waals surface area contributed by atoms with E-state index in [1.165, 1.54) is 0 Å². The molecule has 1 aromatic rings. The normalized spacial score (nSPS) is 12.6. The van der Waals surface area contributed by atoms with Crippen LogP contribution in [0.25, 0.3) is 0 Å². The van der Waals surface area contributed by atoms with E-state index in [1.807, 2.05) is 6.92 Å². The number of H-pyrrole nitrogens is 1. The van der Waals surface area contributed by atoms with Crippen LogP contribution in [-0.2, 0) is 10.0 Å². The fourth-order valence-corrected chi connectivity index (χ4v) is 2.69. The monoisotopic (exact) mass is 261 g/mol. The third kappa shape index (κ3) is 3.04. The van der Waals surface area contributed by atoms with E-state index in [1.54, 1.807) is 13.8 Å². The van der Waals surface area contributed by atoms with Gasteiger partial charge in [-0.3, -0.25) is 5.10 Å². The highest BCUT2D eigenvalue weighted by Crippen LogP contribution is 2.16. The first-order valence-electron chi connectivity index (χ1n) is 5.00. The van der Waals surface area contributed by atoms with Gasteiger partial charge in [-0.25, -0.2) is 17.9 Å². The van der Waals surface area contributed by atoms with Crippen LogP contribution in [0.4, 0.5) is 0 Å². The van der Waals surface area contributed by atoms with Crippen LogP contribution in [-0.4, -0.2) is 35.2 Å². The van der Waals surface area contributed by atoms with Gasteiger partial charge in [0.05, 0.1) is 6.20 Å². The maximum atomic E-state index is 11.9. The van der Waals surface area contributed by atoms with Crippen molar-refractivity contribution in [1.29, 1.82) is 0 Å². The van der Waals surface area contributed by atoms with Crippen LogP contribution in [0.2, 0.25) is 0 Å². The minimum Gasteiger partial charge on any atom is -0.478 e. The lowest BCUT2D eigenvalue weighted by molar-refractivity contribution is 0.0692. The summed E-state index contributed by atoms with van der Waals surface area (Å²) in [6.07, 6.45) is 1.54. The predicted octanol–water partition coefficient (Wildman–Crippen LogP) is 0.575. The molecule has 3 N–H and O–H groups in total. The standard InChI is InChI=1S/C9H15N3O4S/c1-4-9(2,3)12-17(15,16)7-6(8(13)14)5-10-11-7/h5,12H,4H2,1-3H3,(H,10,11)(H,13,14). The SMILES string of the molecule is CCC(C)(C)NS(=O)(=O)c1[nH]ncc1C(=O)O. The molecule has 0 bridgehead atoms. The molecule has 0 saturated heterocycles. The van der Waals surface area contributed by atoms with Gasteiger partial charge >= 0.3 is 5.97 Å². The molecule has 0 saturated carbocycles. The van der Waals surface area contributed by atoms with Crippen LogP contribution in [0.15, 0.2) is 11.2 Å². The fourth-order valence-electron chi connectivity index (χ4n) is 1.12. The second-order valence-corrected chi connectivity index (χ2v) is 5.88. The van der Waals surface area contributed by atoms with Gasteiger partial charge in [-0.15, -0.1) is 0 Å². The third-order valence-corrected chi connectivity index (χ3v) is 4.07. The number of sulfonamides is 1. The molecule has 0 aromatic carbocycles. The highest BCUT2D eigenvalue weighted by atomic mass is 32.2. The van der Waals surface area contributed by atoms with E-state index in [4.69, 9.17) is 5.11 Å². The number of nitrogens with one attached hydrogen (secondary N) is 2. The molecule has 1 rings (SSSR count). The minimum atomic E-state index is -3.91. The van der Waals surface area contributed by atoms with E-state index in [9.17, 15) is 13.2 Å². The third-order valence-electron chi connectivity index (χ3n) is 2.40. The van der Waals surface area contributed by atoms with Gasteiger partial charge in [-0.1, -0.05) is 6.92 Å². The average Bonchev–Trinajstić information content (AvgIpc) is 2.65. The van der Waals surface area contributed by atoms with E-state index >= 15 is 0 Å². The zero-order valence-corrected chi connectivity index (χ0v) is 10.6. The number of carboxylic acids is 1. The Morgan fingerprint density at radius 1 is 1.59 bits per heavy atom. The van der Waals surface area contributed by atoms with Gasteiger partial charge < -0.3 is 5.11 Å². The Morgan fingerprint density at radius 3 is 2.65 bits per heavy atom. The van der Waals surface area contributed by atoms with Crippen molar-refractivity contribution in [3.63, 3.8) is 0 Å². The number of carboxylic acid groups (broad SMARTS) is 1. The van der Waals surface area contributed by atoms with Crippen LogP contribution in [0, 0.1) is 0 Å². The molecule has 7 nitrogen and oxygen atoms in total. The van der Waals surface area contributed by atoms with Crippen molar-refractivity contribution >= 4 is 16.0 Å². The van der Waals surface area contributed by atoms with Crippen molar-refractivity contribution in [2.24, 2.45) is 0 Å². The summed E-state index contributed by atoms with van der Waals surface area (Å²) in [4.78, 5) is 10.8. The van der Waals surface area contributed by atoms with E-state index < -0.39 is 26.6 Å². The molecule has 1 aromatic heterocycles. The molecule has 0 atom stereocenters. The lowest BCUT2D eigenvalue weighted by atomic mass is 10.0. The van der Waals surface area contributed by atoms with Gasteiger partial charge in [-0.05, 0) is 20.3 Å². The number of nitrogens with zero attached hydrogens (tertiary/aromatic N) is 1. The first-order chi connectivity index (χ1) is 7.69. The summed E-state index contributed by atoms with van der Waals surface area (Å²) < 4.78 is 26.3. The van der Waals surface area contributed by atoms with Gasteiger partial charge in [0.15, 0.2) is 5.03 Å². The summed E-state index contributed by atoms with van der Waals surface area (Å²) in [7, 11) is -3.91. The van der Waals surface area contributed by atoms with Crippen molar-refractivity contribution < 1.29 is 18.3 Å². The Hall–Kier alpha value is -1.41. The van der Waals surface area contributed by atoms with Crippen LogP contribution in [0.5, 0.6) is 0 Å². The second kappa shape index (κ2) is 4.46. The summed E-state index contributed by atoms with van der Waals surface area (Å²) >= 11 is 0. The Morgan fingerprint density at radius 2 is 2.18 bits per heavy atom. The average molecular weight is 261 g/mol. The van der Waals surface area contributed by atoms with E-state index in [0.29, 0.717) is 6.42 Å². The predicted molar refractivity (Wildman–Crippen MR) is 60.2 cm³/mol. The van der Waals surface area contributed by atoms with E-state index in [2.05, 4.69) is 14.9 Å². The number of aromatic carboxylic acids is 1. The first kappa shape index (κ1) is 13.7. The summed E-state index contributed by atoms with van der Waals surface area (Å²) in [5, 5.41) is 14.0. The number of aromatic nitrogens is 2. The maximum Gasteiger partial charge on any atom is 0.340 e. The highest BCUT2D eigenvalue weighted by molar-refractivity contribution is 7.89. The van der Waals surface area contributed by atoms with Crippen LogP contribution < -0.4 is 4.72 Å². The molecule has 17 heavy (non-hydrogen) atoms. The van der Waals surface area contributed by atoms with Crippen molar-refractivity contribution in [3.05, 3.63) is 11.8 Å². The Balaban J connectivity index is 3.15. The molecule has 0 spiro atoms. The topological polar surface area (TPSA) is 112 Å². The Kier molecular flexibility index (Phi) is 3.58. The van der Waals surface area contributed by atoms with Crippen LogP contribution in [0.3, 0.4) is 0 Å². The van der Waals surface area contributed by atoms with Crippen molar-refractivity contribution in [1.82, 2.24) is 14.9 Å². The molecular weight excluding hydrogens is 246 g/mol. The van der Waals surface area contributed by atoms with E-state index in [-0.39, 0.29) is 5.56 Å². The molecule has 8 heteroatoms. The lowest BCUT2D eigenvalue weighted by Crippen LogP contribution is -2.43. The zero-order chi connectivity index (χ0) is 13.3. The van der Waals surface area contributed by atoms with Crippen molar-refractivity contribution in [2.45, 2.75) is 37.8 Å². The Bertz CT molecular complexity index is 518. The van der Waals surface area contributed by atoms with Gasteiger partial charge in [0, 0.05) is 5.54 Å². The first-order valence-corrected chi connectivity index (χ1v) is 6.48. The molecule has 0 radical (unpaired) electrons. The summed E-state index contributed by atoms with van der Waals surface area (Å²) in [6.45, 7) is 5.25. The van der Waals surface area contributed by atoms with Gasteiger partial charge in [-0.2, -0.15) is 5.10 Å². The summed E-state index contributed by atoms with van der Waals surface area (Å²) in [5.74, 6) is -1.34. The number of carbonyl (C=O) groups is 1. The van der Waals surface area contributed by atoms with Gasteiger partial charge in [0.25, 0.3) is 10.0 Å². The highest BCUT2D eigenvalue weighted by Gasteiger charge is 2.29. The molecular formula is C9H15N3O4S. The zero-order valence-electron chi connectivity index (χ0n) is 9.81. The number of hydrogen-bond acceptors (Lipinski definition) is 4. The van der Waals surface area contributed by atoms with Crippen LogP contribution >= 0.6 is 0 Å². The Labute approximate surface area is 99.3 Å². The smallest absolute Gasteiger partial charge is 0.340 e. The number of aromatic amines is 1.